The van der Waals surface area contributed by atoms with E-state index in [4.69, 9.17) is 0 Å². The van der Waals surface area contributed by atoms with Crippen molar-refractivity contribution in [1.82, 2.24) is 4.14 Å². The lowest BCUT2D eigenvalue weighted by Crippen LogP contribution is -2.67. The quantitative estimate of drug-likeness (QED) is 0.309. The molecular formula is C16H39BNSi2. The molecule has 20 heavy (non-hydrogen) atoms. The highest BCUT2D eigenvalue weighted by atomic mass is 28.4. The summed E-state index contributed by atoms with van der Waals surface area (Å²) in [5.74, 6) is 0. The number of rotatable bonds is 12. The Morgan fingerprint density at radius 3 is 1.25 bits per heavy atom. The first kappa shape index (κ1) is 20.5. The predicted molar refractivity (Wildman–Crippen MR) is 102 cm³/mol. The van der Waals surface area contributed by atoms with E-state index in [1.165, 1.54) is 55.4 Å². The Bertz CT molecular complexity index is 204. The molecular weight excluding hydrogens is 273 g/mol. The van der Waals surface area contributed by atoms with Gasteiger partial charge in [0.25, 0.3) is 0 Å². The van der Waals surface area contributed by atoms with E-state index in [0.29, 0.717) is 0 Å². The lowest BCUT2D eigenvalue weighted by atomic mass is 9.88. The minimum Gasteiger partial charge on any atom is -0.391 e. The van der Waals surface area contributed by atoms with E-state index in [1.54, 1.807) is 0 Å². The summed E-state index contributed by atoms with van der Waals surface area (Å²) in [7, 11) is 0.178. The van der Waals surface area contributed by atoms with Crippen LogP contribution in [0.15, 0.2) is 0 Å². The number of nitrogens with zero attached hydrogens (tertiary/aromatic N) is 1. The molecule has 4 heteroatoms. The van der Waals surface area contributed by atoms with Crippen LogP contribution in [0.25, 0.3) is 0 Å². The maximum absolute atomic E-state index is 3.09. The van der Waals surface area contributed by atoms with Crippen LogP contribution >= 0.6 is 0 Å². The van der Waals surface area contributed by atoms with Gasteiger partial charge in [-0.3, -0.25) is 0 Å². The van der Waals surface area contributed by atoms with E-state index in [1.807, 2.05) is 0 Å². The molecule has 0 rings (SSSR count). The van der Waals surface area contributed by atoms with Crippen LogP contribution in [0.1, 0.15) is 61.3 Å². The summed E-state index contributed by atoms with van der Waals surface area (Å²) in [6.45, 7) is 17.1. The predicted octanol–water partition coefficient (Wildman–Crippen LogP) is 6.14. The van der Waals surface area contributed by atoms with E-state index in [0.717, 1.165) is 0 Å². The zero-order valence-electron chi connectivity index (χ0n) is 15.4. The van der Waals surface area contributed by atoms with Crippen molar-refractivity contribution in [2.75, 3.05) is 0 Å². The maximum Gasteiger partial charge on any atom is 0.193 e. The van der Waals surface area contributed by atoms with Gasteiger partial charge in [0.15, 0.2) is 7.41 Å². The molecule has 0 aromatic rings. The minimum atomic E-state index is -1.26. The monoisotopic (exact) mass is 312 g/mol. The summed E-state index contributed by atoms with van der Waals surface area (Å²) < 4.78 is 3.09. The Kier molecular flexibility index (Phi) is 10.5. The summed E-state index contributed by atoms with van der Waals surface area (Å²) in [4.78, 5) is 0. The Labute approximate surface area is 132 Å². The molecule has 0 aliphatic rings. The van der Waals surface area contributed by atoms with Crippen LogP contribution in [0.4, 0.5) is 0 Å². The van der Waals surface area contributed by atoms with Gasteiger partial charge in [-0.2, -0.15) is 0 Å². The third-order valence-corrected chi connectivity index (χ3v) is 19.0. The van der Waals surface area contributed by atoms with Gasteiger partial charge in [0.05, 0.1) is 0 Å². The normalized spacial score (nSPS) is 13.0. The SMILES string of the molecule is CCCC[B]N([Si](CC)(CC)CC)[Si](CC)(CC)CC. The molecule has 0 aromatic heterocycles. The molecule has 0 N–H and O–H groups in total. The number of hydrogen-bond donors (Lipinski definition) is 0. The highest BCUT2D eigenvalue weighted by Gasteiger charge is 2.45. The summed E-state index contributed by atoms with van der Waals surface area (Å²) in [6.07, 6.45) is 3.99. The molecule has 0 unspecified atom stereocenters. The average Bonchev–Trinajstić information content (AvgIpc) is 2.51. The minimum absolute atomic E-state index is 1.26. The second-order valence-electron chi connectivity index (χ2n) is 6.26. The Morgan fingerprint density at radius 2 is 1.00 bits per heavy atom. The van der Waals surface area contributed by atoms with Crippen molar-refractivity contribution in [3.05, 3.63) is 0 Å². The van der Waals surface area contributed by atoms with Gasteiger partial charge in [0, 0.05) is 0 Å². The van der Waals surface area contributed by atoms with Crippen LogP contribution in [-0.4, -0.2) is 28.0 Å². The Morgan fingerprint density at radius 1 is 0.650 bits per heavy atom. The molecule has 1 nitrogen and oxygen atoms in total. The largest absolute Gasteiger partial charge is 0.391 e. The van der Waals surface area contributed by atoms with Gasteiger partial charge >= 0.3 is 0 Å². The first-order chi connectivity index (χ1) is 9.56. The van der Waals surface area contributed by atoms with Crippen molar-refractivity contribution in [3.63, 3.8) is 0 Å². The molecule has 0 spiro atoms. The third kappa shape index (κ3) is 4.47. The first-order valence-electron chi connectivity index (χ1n) is 9.18. The van der Waals surface area contributed by atoms with Gasteiger partial charge in [-0.1, -0.05) is 67.6 Å². The summed E-state index contributed by atoms with van der Waals surface area (Å²) in [6, 6.07) is 8.57. The zero-order chi connectivity index (χ0) is 15.6. The highest BCUT2D eigenvalue weighted by Crippen LogP contribution is 2.35. The fraction of sp³-hybridized carbons (Fsp3) is 1.00. The fourth-order valence-electron chi connectivity index (χ4n) is 3.84. The van der Waals surface area contributed by atoms with Gasteiger partial charge in [-0.25, -0.2) is 0 Å². The van der Waals surface area contributed by atoms with Crippen LogP contribution in [0.5, 0.6) is 0 Å². The molecule has 0 heterocycles. The second kappa shape index (κ2) is 10.2. The topological polar surface area (TPSA) is 3.24 Å². The molecule has 0 amide bonds. The summed E-state index contributed by atoms with van der Waals surface area (Å²) in [5.41, 5.74) is 0. The van der Waals surface area contributed by atoms with Crippen molar-refractivity contribution in [3.8, 4) is 0 Å². The van der Waals surface area contributed by atoms with Crippen LogP contribution < -0.4 is 0 Å². The average molecular weight is 312 g/mol. The van der Waals surface area contributed by atoms with E-state index < -0.39 is 16.5 Å². The third-order valence-electron chi connectivity index (χ3n) is 5.84. The van der Waals surface area contributed by atoms with Crippen molar-refractivity contribution < 1.29 is 0 Å². The van der Waals surface area contributed by atoms with Gasteiger partial charge in [-0.15, -0.1) is 0 Å². The van der Waals surface area contributed by atoms with Crippen molar-refractivity contribution in [1.29, 1.82) is 0 Å². The molecule has 119 valence electrons. The summed E-state index contributed by atoms with van der Waals surface area (Å²) in [5, 5.41) is 0. The Hall–Kier alpha value is 0.459. The van der Waals surface area contributed by atoms with Crippen molar-refractivity contribution >= 4 is 23.9 Å². The zero-order valence-corrected chi connectivity index (χ0v) is 17.4. The highest BCUT2D eigenvalue weighted by molar-refractivity contribution is 6.98. The van der Waals surface area contributed by atoms with Gasteiger partial charge in [0.2, 0.25) is 0 Å². The Balaban J connectivity index is 5.43. The van der Waals surface area contributed by atoms with Gasteiger partial charge < -0.3 is 4.14 Å². The van der Waals surface area contributed by atoms with E-state index in [2.05, 4.69) is 60.0 Å². The summed E-state index contributed by atoms with van der Waals surface area (Å²) >= 11 is 0. The molecule has 0 aromatic carbocycles. The van der Waals surface area contributed by atoms with E-state index >= 15 is 0 Å². The molecule has 0 bridgehead atoms. The molecule has 0 fully saturated rings. The molecule has 0 saturated carbocycles. The molecule has 0 saturated heterocycles. The number of hydrogen-bond acceptors (Lipinski definition) is 1. The lowest BCUT2D eigenvalue weighted by Gasteiger charge is -2.53. The van der Waals surface area contributed by atoms with Crippen LogP contribution in [0.2, 0.25) is 42.6 Å². The number of unbranched alkanes of at least 4 members (excludes halogenated alkanes) is 1. The van der Waals surface area contributed by atoms with Crippen molar-refractivity contribution in [2.45, 2.75) is 104 Å². The smallest absolute Gasteiger partial charge is 0.193 e. The molecule has 0 aliphatic carbocycles. The standard InChI is InChI=1S/C16H39BNSi2/c1-8-15-16-17-18(19(9-2,10-3)11-4)20(12-5,13-6)14-7/h8-16H2,1-7H3. The van der Waals surface area contributed by atoms with Crippen LogP contribution in [0, 0.1) is 0 Å². The van der Waals surface area contributed by atoms with E-state index in [9.17, 15) is 0 Å². The molecule has 0 aliphatic heterocycles. The molecule has 0 atom stereocenters. The maximum atomic E-state index is 3.09. The second-order valence-corrected chi connectivity index (χ2v) is 16.8. The lowest BCUT2D eigenvalue weighted by molar-refractivity contribution is 0.799. The van der Waals surface area contributed by atoms with Gasteiger partial charge in [-0.05, 0) is 36.3 Å². The fourth-order valence-corrected chi connectivity index (χ4v) is 16.8. The van der Waals surface area contributed by atoms with Crippen LogP contribution in [0.3, 0.4) is 0 Å². The van der Waals surface area contributed by atoms with E-state index in [-0.39, 0.29) is 0 Å². The first-order valence-corrected chi connectivity index (χ1v) is 14.3. The van der Waals surface area contributed by atoms with Crippen molar-refractivity contribution in [2.24, 2.45) is 0 Å². The molecule has 1 radical (unpaired) electrons. The van der Waals surface area contributed by atoms with Crippen LogP contribution in [-0.2, 0) is 0 Å². The van der Waals surface area contributed by atoms with Gasteiger partial charge in [0.1, 0.15) is 16.5 Å².